The minimum absolute atomic E-state index is 0.0124. The van der Waals surface area contributed by atoms with Crippen molar-refractivity contribution in [2.45, 2.75) is 31.2 Å². The molecule has 0 saturated carbocycles. The van der Waals surface area contributed by atoms with Gasteiger partial charge in [-0.25, -0.2) is 4.39 Å². The van der Waals surface area contributed by atoms with E-state index in [1.165, 1.54) is 56.8 Å². The lowest BCUT2D eigenvalue weighted by atomic mass is 9.87. The first-order valence-corrected chi connectivity index (χ1v) is 16.8. The standard InChI is InChI=1S/C40H43FN4O2/c1-43-20-22-45(23-21-43)34-16-18-44(19-17-34)33-13-10-28(11-14-33)29-7-5-8-31(24-29)39(46)27-35(36-26-32(41)12-15-40(36)47-2)38-25-30-6-3-4-9-37(30)42-38/h3-15,24-26,34-35,42H,16-23,27H2,1-2H3/t35-/m1/s1. The second-order valence-electron chi connectivity index (χ2n) is 13.1. The van der Waals surface area contributed by atoms with Crippen LogP contribution in [0, 0.1) is 5.82 Å². The molecule has 1 aromatic heterocycles. The molecule has 0 bridgehead atoms. The number of ether oxygens (including phenoxy) is 1. The summed E-state index contributed by atoms with van der Waals surface area (Å²) in [5.41, 5.74) is 6.43. The highest BCUT2D eigenvalue weighted by Crippen LogP contribution is 2.37. The molecule has 242 valence electrons. The first-order chi connectivity index (χ1) is 22.9. The first-order valence-electron chi connectivity index (χ1n) is 16.8. The van der Waals surface area contributed by atoms with Crippen molar-refractivity contribution in [1.29, 1.82) is 0 Å². The maximum absolute atomic E-state index is 14.6. The van der Waals surface area contributed by atoms with E-state index < -0.39 is 5.92 Å². The van der Waals surface area contributed by atoms with Crippen LogP contribution in [0.15, 0.2) is 97.1 Å². The van der Waals surface area contributed by atoms with E-state index in [2.05, 4.69) is 57.1 Å². The monoisotopic (exact) mass is 630 g/mol. The van der Waals surface area contributed by atoms with Crippen molar-refractivity contribution in [2.24, 2.45) is 0 Å². The number of carbonyl (C=O) groups excluding carboxylic acids is 1. The van der Waals surface area contributed by atoms with Crippen LogP contribution in [0.2, 0.25) is 0 Å². The Morgan fingerprint density at radius 3 is 2.36 bits per heavy atom. The molecule has 1 N–H and O–H groups in total. The molecule has 6 nitrogen and oxygen atoms in total. The number of nitrogens with one attached hydrogen (secondary N) is 1. The summed E-state index contributed by atoms with van der Waals surface area (Å²) >= 11 is 0. The Balaban J connectivity index is 1.07. The molecule has 1 atom stereocenters. The number of hydrogen-bond donors (Lipinski definition) is 1. The molecule has 7 rings (SSSR count). The number of ketones is 1. The van der Waals surface area contributed by atoms with E-state index in [-0.39, 0.29) is 18.0 Å². The number of rotatable bonds is 9. The van der Waals surface area contributed by atoms with E-state index in [0.29, 0.717) is 22.9 Å². The van der Waals surface area contributed by atoms with Crippen molar-refractivity contribution in [1.82, 2.24) is 14.8 Å². The number of benzene rings is 4. The highest BCUT2D eigenvalue weighted by Gasteiger charge is 2.27. The van der Waals surface area contributed by atoms with Gasteiger partial charge < -0.3 is 19.5 Å². The number of halogens is 1. The molecule has 47 heavy (non-hydrogen) atoms. The summed E-state index contributed by atoms with van der Waals surface area (Å²) in [6, 6.07) is 31.8. The van der Waals surface area contributed by atoms with Gasteiger partial charge in [-0.1, -0.05) is 48.5 Å². The van der Waals surface area contributed by atoms with Crippen LogP contribution in [0.25, 0.3) is 22.0 Å². The molecule has 2 aliphatic rings. The van der Waals surface area contributed by atoms with Gasteiger partial charge in [0.2, 0.25) is 0 Å². The minimum Gasteiger partial charge on any atom is -0.496 e. The van der Waals surface area contributed by atoms with Crippen LogP contribution < -0.4 is 9.64 Å². The number of fused-ring (bicyclic) bond motifs is 1. The summed E-state index contributed by atoms with van der Waals surface area (Å²) < 4.78 is 20.2. The summed E-state index contributed by atoms with van der Waals surface area (Å²) in [5, 5.41) is 1.04. The summed E-state index contributed by atoms with van der Waals surface area (Å²) in [5.74, 6) is -0.231. The number of H-pyrrole nitrogens is 1. The minimum atomic E-state index is -0.413. The number of hydrogen-bond acceptors (Lipinski definition) is 5. The van der Waals surface area contributed by atoms with Gasteiger partial charge in [-0.15, -0.1) is 0 Å². The van der Waals surface area contributed by atoms with Gasteiger partial charge in [0.25, 0.3) is 0 Å². The van der Waals surface area contributed by atoms with Crippen molar-refractivity contribution in [3.8, 4) is 16.9 Å². The van der Waals surface area contributed by atoms with Crippen LogP contribution in [-0.2, 0) is 0 Å². The molecule has 0 aliphatic carbocycles. The van der Waals surface area contributed by atoms with Gasteiger partial charge in [0, 0.05) is 85.7 Å². The fourth-order valence-electron chi connectivity index (χ4n) is 7.36. The number of aromatic amines is 1. The van der Waals surface area contributed by atoms with Crippen LogP contribution in [0.3, 0.4) is 0 Å². The number of piperazine rings is 1. The number of likely N-dealkylation sites (N-methyl/N-ethyl adjacent to an activating group) is 1. The molecule has 7 heteroatoms. The highest BCUT2D eigenvalue weighted by atomic mass is 19.1. The molecule has 3 heterocycles. The Morgan fingerprint density at radius 2 is 1.62 bits per heavy atom. The zero-order valence-corrected chi connectivity index (χ0v) is 27.3. The molecule has 0 radical (unpaired) electrons. The van der Waals surface area contributed by atoms with Crippen molar-refractivity contribution in [2.75, 3.05) is 58.3 Å². The third-order valence-electron chi connectivity index (χ3n) is 10.2. The Labute approximate surface area is 276 Å². The van der Waals surface area contributed by atoms with E-state index in [0.717, 1.165) is 40.8 Å². The smallest absolute Gasteiger partial charge is 0.163 e. The van der Waals surface area contributed by atoms with E-state index >= 15 is 0 Å². The third kappa shape index (κ3) is 6.83. The van der Waals surface area contributed by atoms with Gasteiger partial charge >= 0.3 is 0 Å². The first kappa shape index (κ1) is 31.2. The Hall–Kier alpha value is -4.46. The van der Waals surface area contributed by atoms with Gasteiger partial charge in [0.1, 0.15) is 11.6 Å². The number of para-hydroxylation sites is 1. The SMILES string of the molecule is COc1ccc(F)cc1[C@@H](CC(=O)c1cccc(-c2ccc(N3CCC(N4CCN(C)CC4)CC3)cc2)c1)c1cc2ccccc2[nH]1. The van der Waals surface area contributed by atoms with E-state index in [4.69, 9.17) is 4.74 Å². The maximum Gasteiger partial charge on any atom is 0.163 e. The average molecular weight is 631 g/mol. The van der Waals surface area contributed by atoms with Crippen molar-refractivity contribution >= 4 is 22.4 Å². The zero-order chi connectivity index (χ0) is 32.3. The van der Waals surface area contributed by atoms with E-state index in [1.807, 2.05) is 48.5 Å². The summed E-state index contributed by atoms with van der Waals surface area (Å²) in [6.45, 7) is 6.85. The number of carbonyl (C=O) groups is 1. The average Bonchev–Trinajstić information content (AvgIpc) is 3.55. The predicted octanol–water partition coefficient (Wildman–Crippen LogP) is 7.60. The molecular formula is C40H43FN4O2. The van der Waals surface area contributed by atoms with Gasteiger partial charge in [-0.3, -0.25) is 9.69 Å². The second kappa shape index (κ2) is 13.7. The van der Waals surface area contributed by atoms with Gasteiger partial charge in [0.05, 0.1) is 7.11 Å². The van der Waals surface area contributed by atoms with Gasteiger partial charge in [-0.2, -0.15) is 0 Å². The van der Waals surface area contributed by atoms with E-state index in [1.54, 1.807) is 13.2 Å². The van der Waals surface area contributed by atoms with Crippen molar-refractivity contribution in [3.05, 3.63) is 120 Å². The lowest BCUT2D eigenvalue weighted by Gasteiger charge is -2.42. The van der Waals surface area contributed by atoms with Crippen LogP contribution >= 0.6 is 0 Å². The fourth-order valence-corrected chi connectivity index (χ4v) is 7.36. The molecular weight excluding hydrogens is 587 g/mol. The highest BCUT2D eigenvalue weighted by molar-refractivity contribution is 5.98. The van der Waals surface area contributed by atoms with Crippen LogP contribution in [0.5, 0.6) is 5.75 Å². The Bertz CT molecular complexity index is 1800. The van der Waals surface area contributed by atoms with Gasteiger partial charge in [0.15, 0.2) is 5.78 Å². The number of nitrogens with zero attached hydrogens (tertiary/aromatic N) is 3. The topological polar surface area (TPSA) is 51.8 Å². The molecule has 2 fully saturated rings. The van der Waals surface area contributed by atoms with Crippen LogP contribution in [0.1, 0.15) is 46.8 Å². The van der Waals surface area contributed by atoms with Crippen LogP contribution in [0.4, 0.5) is 10.1 Å². The summed E-state index contributed by atoms with van der Waals surface area (Å²) in [7, 11) is 3.79. The molecule has 0 spiro atoms. The largest absolute Gasteiger partial charge is 0.496 e. The van der Waals surface area contributed by atoms with Crippen molar-refractivity contribution in [3.63, 3.8) is 0 Å². The number of aromatic nitrogens is 1. The number of methoxy groups -OCH3 is 1. The Kier molecular flexibility index (Phi) is 9.09. The van der Waals surface area contributed by atoms with Gasteiger partial charge in [-0.05, 0) is 84.9 Å². The molecule has 0 unspecified atom stereocenters. The second-order valence-corrected chi connectivity index (χ2v) is 13.1. The predicted molar refractivity (Wildman–Crippen MR) is 188 cm³/mol. The molecule has 4 aromatic carbocycles. The molecule has 5 aromatic rings. The lowest BCUT2D eigenvalue weighted by molar-refractivity contribution is 0.0976. The lowest BCUT2D eigenvalue weighted by Crippen LogP contribution is -2.52. The third-order valence-corrected chi connectivity index (χ3v) is 10.2. The van der Waals surface area contributed by atoms with Crippen molar-refractivity contribution < 1.29 is 13.9 Å². The zero-order valence-electron chi connectivity index (χ0n) is 27.3. The summed E-state index contributed by atoms with van der Waals surface area (Å²) in [6.07, 6.45) is 2.58. The number of anilines is 1. The quantitative estimate of drug-likeness (QED) is 0.170. The Morgan fingerprint density at radius 1 is 0.851 bits per heavy atom. The normalized spacial score (nSPS) is 17.2. The number of piperidine rings is 1. The molecule has 0 amide bonds. The molecule has 2 saturated heterocycles. The van der Waals surface area contributed by atoms with Crippen LogP contribution in [-0.4, -0.2) is 80.0 Å². The fraction of sp³-hybridized carbons (Fsp3) is 0.325. The summed E-state index contributed by atoms with van der Waals surface area (Å²) in [4.78, 5) is 25.0. The maximum atomic E-state index is 14.6. The molecule has 2 aliphatic heterocycles. The number of Topliss-reactive ketones (excluding diaryl/α,β-unsaturated/α-hetero) is 1. The van der Waals surface area contributed by atoms with E-state index in [9.17, 15) is 9.18 Å².